The minimum Gasteiger partial charge on any atom is -0.486 e. The molecule has 7 nitrogen and oxygen atoms in total. The van der Waals surface area contributed by atoms with Gasteiger partial charge in [0.1, 0.15) is 23.1 Å². The van der Waals surface area contributed by atoms with Gasteiger partial charge in [-0.05, 0) is 37.3 Å². The minimum atomic E-state index is -0.315. The maximum atomic E-state index is 12.4. The van der Waals surface area contributed by atoms with Gasteiger partial charge >= 0.3 is 5.69 Å². The van der Waals surface area contributed by atoms with Crippen LogP contribution >= 0.6 is 11.3 Å². The highest BCUT2D eigenvalue weighted by Crippen LogP contribution is 2.18. The van der Waals surface area contributed by atoms with Gasteiger partial charge in [0, 0.05) is 11.1 Å². The van der Waals surface area contributed by atoms with Crippen LogP contribution < -0.4 is 15.7 Å². The Morgan fingerprint density at radius 3 is 2.74 bits per heavy atom. The van der Waals surface area contributed by atoms with Crippen LogP contribution in [-0.4, -0.2) is 20.9 Å². The standard InChI is InChI=1S/C19H16N4O3S/c1-11-2-5-13(6-3-11)26-9-17-21-16(10-27-17)18(24)20-12-4-7-14-15(8-12)23-19(25)22-14/h2-8,10H,9H2,1H3,(H,20,24)(H2,22,23,25). The zero-order chi connectivity index (χ0) is 18.8. The second-order valence-corrected chi connectivity index (χ2v) is 6.96. The molecule has 2 heterocycles. The molecule has 136 valence electrons. The Kier molecular flexibility index (Phi) is 4.47. The maximum Gasteiger partial charge on any atom is 0.323 e. The summed E-state index contributed by atoms with van der Waals surface area (Å²) in [6.07, 6.45) is 0. The Labute approximate surface area is 158 Å². The number of aromatic nitrogens is 3. The number of hydrogen-bond acceptors (Lipinski definition) is 5. The number of aromatic amines is 2. The highest BCUT2D eigenvalue weighted by atomic mass is 32.1. The molecular formula is C19H16N4O3S. The Hall–Kier alpha value is -3.39. The average Bonchev–Trinajstić information content (AvgIpc) is 3.26. The third kappa shape index (κ3) is 3.90. The summed E-state index contributed by atoms with van der Waals surface area (Å²) in [6.45, 7) is 2.32. The molecule has 8 heteroatoms. The van der Waals surface area contributed by atoms with E-state index in [9.17, 15) is 9.59 Å². The lowest BCUT2D eigenvalue weighted by Crippen LogP contribution is -2.12. The number of anilines is 1. The second kappa shape index (κ2) is 7.08. The molecule has 0 radical (unpaired) electrons. The van der Waals surface area contributed by atoms with Gasteiger partial charge in [-0.25, -0.2) is 9.78 Å². The molecule has 27 heavy (non-hydrogen) atoms. The van der Waals surface area contributed by atoms with E-state index < -0.39 is 0 Å². The molecule has 2 aromatic carbocycles. The molecular weight excluding hydrogens is 364 g/mol. The molecule has 0 aliphatic heterocycles. The number of nitrogens with one attached hydrogen (secondary N) is 3. The summed E-state index contributed by atoms with van der Waals surface area (Å²) in [5.41, 5.74) is 3.09. The highest BCUT2D eigenvalue weighted by molar-refractivity contribution is 7.09. The summed E-state index contributed by atoms with van der Waals surface area (Å²) in [5.74, 6) is 0.445. The van der Waals surface area contributed by atoms with Crippen molar-refractivity contribution in [1.82, 2.24) is 15.0 Å². The Morgan fingerprint density at radius 1 is 1.15 bits per heavy atom. The molecule has 4 aromatic rings. The van der Waals surface area contributed by atoms with Gasteiger partial charge in [-0.2, -0.15) is 0 Å². The molecule has 0 fully saturated rings. The smallest absolute Gasteiger partial charge is 0.323 e. The van der Waals surface area contributed by atoms with Gasteiger partial charge < -0.3 is 20.0 Å². The van der Waals surface area contributed by atoms with Crippen molar-refractivity contribution in [3.05, 3.63) is 74.6 Å². The average molecular weight is 380 g/mol. The predicted octanol–water partition coefficient (Wildman–Crippen LogP) is 3.45. The first-order valence-corrected chi connectivity index (χ1v) is 9.12. The molecule has 0 spiro atoms. The van der Waals surface area contributed by atoms with Crippen LogP contribution in [0, 0.1) is 6.92 Å². The number of carbonyl (C=O) groups is 1. The van der Waals surface area contributed by atoms with Crippen LogP contribution in [-0.2, 0) is 6.61 Å². The first-order chi connectivity index (χ1) is 13.1. The van der Waals surface area contributed by atoms with Gasteiger partial charge in [0.15, 0.2) is 0 Å². The number of rotatable bonds is 5. The lowest BCUT2D eigenvalue weighted by atomic mass is 10.2. The fourth-order valence-electron chi connectivity index (χ4n) is 2.57. The molecule has 1 amide bonds. The second-order valence-electron chi connectivity index (χ2n) is 6.02. The van der Waals surface area contributed by atoms with E-state index in [0.29, 0.717) is 34.0 Å². The third-order valence-corrected chi connectivity index (χ3v) is 4.76. The fourth-order valence-corrected chi connectivity index (χ4v) is 3.25. The number of hydrogen-bond donors (Lipinski definition) is 3. The Balaban J connectivity index is 1.41. The number of thiazole rings is 1. The molecule has 0 saturated heterocycles. The van der Waals surface area contributed by atoms with Gasteiger partial charge in [0.25, 0.3) is 5.91 Å². The number of amides is 1. The van der Waals surface area contributed by atoms with E-state index in [1.54, 1.807) is 23.6 Å². The Morgan fingerprint density at radius 2 is 1.93 bits per heavy atom. The normalized spacial score (nSPS) is 10.9. The van der Waals surface area contributed by atoms with E-state index in [1.807, 2.05) is 31.2 Å². The number of carbonyl (C=O) groups excluding carboxylic acids is 1. The summed E-state index contributed by atoms with van der Waals surface area (Å²) in [5, 5.41) is 5.19. The van der Waals surface area contributed by atoms with E-state index in [4.69, 9.17) is 4.74 Å². The molecule has 0 saturated carbocycles. The summed E-state index contributed by atoms with van der Waals surface area (Å²) in [6, 6.07) is 12.9. The van der Waals surface area contributed by atoms with Crippen molar-refractivity contribution in [2.75, 3.05) is 5.32 Å². The van der Waals surface area contributed by atoms with Crippen molar-refractivity contribution in [2.45, 2.75) is 13.5 Å². The first kappa shape index (κ1) is 17.0. The summed E-state index contributed by atoms with van der Waals surface area (Å²) in [4.78, 5) is 33.3. The monoisotopic (exact) mass is 380 g/mol. The van der Waals surface area contributed by atoms with Crippen molar-refractivity contribution in [3.8, 4) is 5.75 Å². The number of aryl methyl sites for hydroxylation is 1. The van der Waals surface area contributed by atoms with Crippen molar-refractivity contribution in [2.24, 2.45) is 0 Å². The van der Waals surface area contributed by atoms with Crippen LogP contribution in [0.3, 0.4) is 0 Å². The van der Waals surface area contributed by atoms with E-state index in [1.165, 1.54) is 11.3 Å². The van der Waals surface area contributed by atoms with Gasteiger partial charge in [0.05, 0.1) is 11.0 Å². The summed E-state index contributed by atoms with van der Waals surface area (Å²) in [7, 11) is 0. The molecule has 2 aromatic heterocycles. The number of fused-ring (bicyclic) bond motifs is 1. The van der Waals surface area contributed by atoms with E-state index in [-0.39, 0.29) is 11.6 Å². The predicted molar refractivity (Wildman–Crippen MR) is 104 cm³/mol. The van der Waals surface area contributed by atoms with Crippen LogP contribution in [0.15, 0.2) is 52.6 Å². The summed E-state index contributed by atoms with van der Waals surface area (Å²) < 4.78 is 5.69. The van der Waals surface area contributed by atoms with E-state index >= 15 is 0 Å². The molecule has 0 aliphatic rings. The van der Waals surface area contributed by atoms with Crippen molar-refractivity contribution in [1.29, 1.82) is 0 Å². The molecule has 0 unspecified atom stereocenters. The van der Waals surface area contributed by atoms with Gasteiger partial charge in [-0.3, -0.25) is 4.79 Å². The molecule has 3 N–H and O–H groups in total. The SMILES string of the molecule is Cc1ccc(OCc2nc(C(=O)Nc3ccc4[nH]c(=O)[nH]c4c3)cs2)cc1. The fraction of sp³-hybridized carbons (Fsp3) is 0.105. The first-order valence-electron chi connectivity index (χ1n) is 8.24. The summed E-state index contributed by atoms with van der Waals surface area (Å²) >= 11 is 1.37. The zero-order valence-electron chi connectivity index (χ0n) is 14.4. The van der Waals surface area contributed by atoms with Crippen LogP contribution in [0.1, 0.15) is 21.1 Å². The van der Waals surface area contributed by atoms with Gasteiger partial charge in [-0.1, -0.05) is 17.7 Å². The Bertz CT molecular complexity index is 1160. The number of H-pyrrole nitrogens is 2. The number of benzene rings is 2. The third-order valence-electron chi connectivity index (χ3n) is 3.94. The van der Waals surface area contributed by atoms with Crippen LogP contribution in [0.25, 0.3) is 11.0 Å². The highest BCUT2D eigenvalue weighted by Gasteiger charge is 2.12. The number of ether oxygens (including phenoxy) is 1. The zero-order valence-corrected chi connectivity index (χ0v) is 15.2. The van der Waals surface area contributed by atoms with Crippen molar-refractivity contribution >= 4 is 34.0 Å². The lowest BCUT2D eigenvalue weighted by Gasteiger charge is -2.04. The van der Waals surface area contributed by atoms with E-state index in [2.05, 4.69) is 20.3 Å². The molecule has 0 bridgehead atoms. The minimum absolute atomic E-state index is 0.286. The number of nitrogens with zero attached hydrogens (tertiary/aromatic N) is 1. The quantitative estimate of drug-likeness (QED) is 0.494. The number of imidazole rings is 1. The molecule has 0 aliphatic carbocycles. The van der Waals surface area contributed by atoms with Gasteiger partial charge in [0.2, 0.25) is 0 Å². The van der Waals surface area contributed by atoms with Crippen LogP contribution in [0.5, 0.6) is 5.75 Å². The van der Waals surface area contributed by atoms with Crippen molar-refractivity contribution in [3.63, 3.8) is 0 Å². The maximum absolute atomic E-state index is 12.4. The molecule has 0 atom stereocenters. The topological polar surface area (TPSA) is 99.9 Å². The van der Waals surface area contributed by atoms with Crippen LogP contribution in [0.2, 0.25) is 0 Å². The van der Waals surface area contributed by atoms with E-state index in [0.717, 1.165) is 11.3 Å². The lowest BCUT2D eigenvalue weighted by molar-refractivity contribution is 0.102. The molecule has 4 rings (SSSR count). The van der Waals surface area contributed by atoms with Crippen molar-refractivity contribution < 1.29 is 9.53 Å². The van der Waals surface area contributed by atoms with Crippen LogP contribution in [0.4, 0.5) is 5.69 Å². The largest absolute Gasteiger partial charge is 0.486 e. The van der Waals surface area contributed by atoms with Gasteiger partial charge in [-0.15, -0.1) is 11.3 Å².